The third-order valence-electron chi connectivity index (χ3n) is 3.39. The Balaban J connectivity index is 2.50. The molecule has 0 fully saturated rings. The summed E-state index contributed by atoms with van der Waals surface area (Å²) in [6.45, 7) is 4.81. The van der Waals surface area contributed by atoms with Gasteiger partial charge in [-0.25, -0.2) is 0 Å². The third-order valence-corrected chi connectivity index (χ3v) is 3.63. The molecule has 1 aromatic heterocycles. The van der Waals surface area contributed by atoms with Gasteiger partial charge in [-0.1, -0.05) is 25.4 Å². The fraction of sp³-hybridized carbons (Fsp3) is 0.400. The summed E-state index contributed by atoms with van der Waals surface area (Å²) in [4.78, 5) is 12.6. The molecule has 102 valence electrons. The molecule has 0 saturated carbocycles. The Bertz CT molecular complexity index is 603. The topological polar surface area (TPSA) is 34.0 Å². The van der Waals surface area contributed by atoms with E-state index in [0.29, 0.717) is 5.02 Å². The maximum absolute atomic E-state index is 12.6. The van der Waals surface area contributed by atoms with Gasteiger partial charge in [0, 0.05) is 34.7 Å². The molecule has 1 unspecified atom stereocenters. The van der Waals surface area contributed by atoms with Crippen molar-refractivity contribution in [2.24, 2.45) is 7.05 Å². The molecular weight excluding hydrogens is 260 g/mol. The number of likely N-dealkylation sites (N-methyl/N-ethyl adjacent to an activating group) is 1. The summed E-state index contributed by atoms with van der Waals surface area (Å²) in [5, 5.41) is 4.81. The molecule has 1 heterocycles. The molecule has 2 aromatic rings. The molecule has 1 N–H and O–H groups in total. The van der Waals surface area contributed by atoms with Gasteiger partial charge in [0.2, 0.25) is 0 Å². The monoisotopic (exact) mass is 278 g/mol. The average molecular weight is 279 g/mol. The molecule has 2 rings (SSSR count). The largest absolute Gasteiger partial charge is 0.350 e. The Morgan fingerprint density at radius 2 is 2.16 bits per heavy atom. The Kier molecular flexibility index (Phi) is 4.27. The second-order valence-electron chi connectivity index (χ2n) is 4.70. The van der Waals surface area contributed by atoms with Crippen molar-refractivity contribution < 1.29 is 4.79 Å². The Morgan fingerprint density at radius 1 is 1.42 bits per heavy atom. The molecule has 19 heavy (non-hydrogen) atoms. The van der Waals surface area contributed by atoms with Crippen molar-refractivity contribution in [3.05, 3.63) is 35.0 Å². The van der Waals surface area contributed by atoms with Crippen molar-refractivity contribution in [2.75, 3.05) is 6.54 Å². The van der Waals surface area contributed by atoms with Crippen LogP contribution in [0.25, 0.3) is 10.9 Å². The fourth-order valence-corrected chi connectivity index (χ4v) is 2.59. The van der Waals surface area contributed by atoms with Crippen LogP contribution in [-0.2, 0) is 7.05 Å². The van der Waals surface area contributed by atoms with Crippen LogP contribution in [0.2, 0.25) is 5.02 Å². The van der Waals surface area contributed by atoms with Gasteiger partial charge in [-0.15, -0.1) is 0 Å². The summed E-state index contributed by atoms with van der Waals surface area (Å²) in [5.74, 6) is 0.136. The summed E-state index contributed by atoms with van der Waals surface area (Å²) < 4.78 is 1.97. The van der Waals surface area contributed by atoms with Gasteiger partial charge in [0.05, 0.1) is 6.04 Å². The molecule has 0 aliphatic heterocycles. The van der Waals surface area contributed by atoms with E-state index in [1.807, 2.05) is 49.9 Å². The van der Waals surface area contributed by atoms with E-state index in [1.165, 1.54) is 0 Å². The summed E-state index contributed by atoms with van der Waals surface area (Å²) in [5.41, 5.74) is 1.77. The van der Waals surface area contributed by atoms with E-state index < -0.39 is 0 Å². The molecule has 3 nitrogen and oxygen atoms in total. The molecule has 0 saturated heterocycles. The Hall–Kier alpha value is -1.32. The van der Waals surface area contributed by atoms with Crippen molar-refractivity contribution in [3.63, 3.8) is 0 Å². The van der Waals surface area contributed by atoms with E-state index in [-0.39, 0.29) is 11.8 Å². The summed E-state index contributed by atoms with van der Waals surface area (Å²) in [6.07, 6.45) is 2.67. The number of aryl methyl sites for hydroxylation is 1. The van der Waals surface area contributed by atoms with E-state index in [0.717, 1.165) is 29.4 Å². The van der Waals surface area contributed by atoms with Crippen molar-refractivity contribution in [1.82, 2.24) is 9.88 Å². The van der Waals surface area contributed by atoms with E-state index >= 15 is 0 Å². The first-order valence-corrected chi connectivity index (χ1v) is 6.98. The van der Waals surface area contributed by atoms with Crippen molar-refractivity contribution in [1.29, 1.82) is 0 Å². The highest BCUT2D eigenvalue weighted by atomic mass is 35.5. The highest BCUT2D eigenvalue weighted by Gasteiger charge is 2.21. The predicted molar refractivity (Wildman–Crippen MR) is 80.0 cm³/mol. The maximum atomic E-state index is 12.6. The van der Waals surface area contributed by atoms with Crippen LogP contribution in [-0.4, -0.2) is 22.9 Å². The first-order valence-electron chi connectivity index (χ1n) is 6.60. The van der Waals surface area contributed by atoms with Gasteiger partial charge >= 0.3 is 0 Å². The first-order chi connectivity index (χ1) is 9.08. The van der Waals surface area contributed by atoms with Gasteiger partial charge in [-0.05, 0) is 31.2 Å². The van der Waals surface area contributed by atoms with Crippen LogP contribution >= 0.6 is 11.6 Å². The highest BCUT2D eigenvalue weighted by molar-refractivity contribution is 6.31. The van der Waals surface area contributed by atoms with Gasteiger partial charge in [0.15, 0.2) is 5.78 Å². The zero-order valence-corrected chi connectivity index (χ0v) is 12.3. The number of fused-ring (bicyclic) bond motifs is 1. The minimum atomic E-state index is -0.130. The smallest absolute Gasteiger partial charge is 0.181 e. The molecular formula is C15H19ClN2O. The van der Waals surface area contributed by atoms with Gasteiger partial charge in [-0.3, -0.25) is 4.79 Å². The Morgan fingerprint density at radius 3 is 2.79 bits per heavy atom. The number of hydrogen-bond donors (Lipinski definition) is 1. The summed E-state index contributed by atoms with van der Waals surface area (Å²) in [6, 6.07) is 5.53. The minimum Gasteiger partial charge on any atom is -0.350 e. The molecule has 1 aromatic carbocycles. The molecule has 0 aliphatic rings. The van der Waals surface area contributed by atoms with Crippen LogP contribution in [0, 0.1) is 0 Å². The molecule has 0 radical (unpaired) electrons. The number of Topliss-reactive ketones (excluding diaryl/α,β-unsaturated/α-hetero) is 1. The lowest BCUT2D eigenvalue weighted by atomic mass is 10.0. The van der Waals surface area contributed by atoms with Crippen molar-refractivity contribution in [3.8, 4) is 0 Å². The lowest BCUT2D eigenvalue weighted by molar-refractivity contribution is 0.0943. The van der Waals surface area contributed by atoms with E-state index in [1.54, 1.807) is 0 Å². The number of hydrogen-bond acceptors (Lipinski definition) is 2. The second-order valence-corrected chi connectivity index (χ2v) is 5.13. The Labute approximate surface area is 118 Å². The van der Waals surface area contributed by atoms with Gasteiger partial charge in [-0.2, -0.15) is 0 Å². The molecule has 1 atom stereocenters. The predicted octanol–water partition coefficient (Wildman–Crippen LogP) is 3.40. The number of halogens is 1. The lowest BCUT2D eigenvalue weighted by Crippen LogP contribution is -2.35. The maximum Gasteiger partial charge on any atom is 0.181 e. The summed E-state index contributed by atoms with van der Waals surface area (Å²) in [7, 11) is 1.95. The van der Waals surface area contributed by atoms with Crippen LogP contribution in [0.1, 0.15) is 30.6 Å². The number of nitrogens with one attached hydrogen (secondary N) is 1. The van der Waals surface area contributed by atoms with Crippen LogP contribution in [0.4, 0.5) is 0 Å². The van der Waals surface area contributed by atoms with Gasteiger partial charge < -0.3 is 9.88 Å². The zero-order chi connectivity index (χ0) is 14.0. The minimum absolute atomic E-state index is 0.130. The molecule has 0 amide bonds. The average Bonchev–Trinajstić information content (AvgIpc) is 2.72. The normalized spacial score (nSPS) is 12.8. The van der Waals surface area contributed by atoms with E-state index in [2.05, 4.69) is 5.32 Å². The first kappa shape index (κ1) is 14.1. The van der Waals surface area contributed by atoms with Crippen molar-refractivity contribution in [2.45, 2.75) is 26.3 Å². The molecule has 0 spiro atoms. The van der Waals surface area contributed by atoms with Crippen molar-refractivity contribution >= 4 is 28.3 Å². The van der Waals surface area contributed by atoms with E-state index in [4.69, 9.17) is 11.6 Å². The quantitative estimate of drug-likeness (QED) is 0.851. The third kappa shape index (κ3) is 2.67. The van der Waals surface area contributed by atoms with Crippen LogP contribution < -0.4 is 5.32 Å². The number of aromatic nitrogens is 1. The number of carbonyl (C=O) groups is 1. The number of nitrogens with zero attached hydrogens (tertiary/aromatic N) is 1. The zero-order valence-electron chi connectivity index (χ0n) is 11.5. The SMILES string of the molecule is CCNC(CC)C(=O)c1cn(C)c2ccc(Cl)cc12. The highest BCUT2D eigenvalue weighted by Crippen LogP contribution is 2.25. The van der Waals surface area contributed by atoms with Gasteiger partial charge in [0.1, 0.15) is 0 Å². The summed E-state index contributed by atoms with van der Waals surface area (Å²) >= 11 is 6.04. The molecule has 0 bridgehead atoms. The number of ketones is 1. The molecule has 4 heteroatoms. The van der Waals surface area contributed by atoms with Crippen LogP contribution in [0.5, 0.6) is 0 Å². The fourth-order valence-electron chi connectivity index (χ4n) is 2.42. The van der Waals surface area contributed by atoms with E-state index in [9.17, 15) is 4.79 Å². The van der Waals surface area contributed by atoms with Crippen LogP contribution in [0.3, 0.4) is 0 Å². The number of carbonyl (C=O) groups excluding carboxylic acids is 1. The van der Waals surface area contributed by atoms with Gasteiger partial charge in [0.25, 0.3) is 0 Å². The second kappa shape index (κ2) is 5.76. The number of benzene rings is 1. The number of rotatable bonds is 5. The standard InChI is InChI=1S/C15H19ClN2O/c1-4-13(17-5-2)15(19)12-9-18(3)14-7-6-10(16)8-11(12)14/h6-9,13,17H,4-5H2,1-3H3. The van der Waals surface area contributed by atoms with Crippen LogP contribution in [0.15, 0.2) is 24.4 Å². The lowest BCUT2D eigenvalue weighted by Gasteiger charge is -2.13. The molecule has 0 aliphatic carbocycles.